The molecule has 0 radical (unpaired) electrons. The molecular weight excluding hydrogens is 246 g/mol. The molecular formula is C18H23NO. The van der Waals surface area contributed by atoms with Crippen LogP contribution in [-0.2, 0) is 4.79 Å². The van der Waals surface area contributed by atoms with E-state index < -0.39 is 0 Å². The summed E-state index contributed by atoms with van der Waals surface area (Å²) in [4.78, 5) is 14.7. The summed E-state index contributed by atoms with van der Waals surface area (Å²) in [6, 6.07) is 10.8. The van der Waals surface area contributed by atoms with E-state index in [4.69, 9.17) is 0 Å². The molecule has 1 saturated heterocycles. The van der Waals surface area contributed by atoms with Crippen molar-refractivity contribution in [2.24, 2.45) is 17.8 Å². The maximum Gasteiger partial charge on any atom is 0.225 e. The van der Waals surface area contributed by atoms with Crippen LogP contribution in [0.3, 0.4) is 0 Å². The van der Waals surface area contributed by atoms with Gasteiger partial charge in [0.05, 0.1) is 0 Å². The van der Waals surface area contributed by atoms with E-state index in [1.165, 1.54) is 24.8 Å². The molecule has 1 heterocycles. The van der Waals surface area contributed by atoms with Crippen LogP contribution in [0.25, 0.3) is 0 Å². The van der Waals surface area contributed by atoms with Gasteiger partial charge in [0.1, 0.15) is 0 Å². The van der Waals surface area contributed by atoms with E-state index in [0.29, 0.717) is 17.7 Å². The van der Waals surface area contributed by atoms with Gasteiger partial charge in [0.2, 0.25) is 5.91 Å². The Morgan fingerprint density at radius 2 is 1.60 bits per heavy atom. The summed E-state index contributed by atoms with van der Waals surface area (Å²) < 4.78 is 0. The van der Waals surface area contributed by atoms with Crippen molar-refractivity contribution in [1.82, 2.24) is 4.90 Å². The highest BCUT2D eigenvalue weighted by atomic mass is 16.2. The molecule has 3 fully saturated rings. The normalized spacial score (nSPS) is 33.0. The fraction of sp³-hybridized carbons (Fsp3) is 0.611. The number of piperidine rings is 1. The van der Waals surface area contributed by atoms with Gasteiger partial charge < -0.3 is 4.90 Å². The number of fused-ring (bicyclic) bond motifs is 1. The minimum atomic E-state index is 0.368. The second kappa shape index (κ2) is 4.91. The lowest BCUT2D eigenvalue weighted by Gasteiger charge is -2.34. The second-order valence-corrected chi connectivity index (χ2v) is 6.93. The summed E-state index contributed by atoms with van der Waals surface area (Å²) in [5.74, 6) is 3.30. The van der Waals surface area contributed by atoms with Crippen molar-refractivity contribution in [1.29, 1.82) is 0 Å². The van der Waals surface area contributed by atoms with Crippen LogP contribution < -0.4 is 0 Å². The molecule has 0 aromatic heterocycles. The van der Waals surface area contributed by atoms with Crippen molar-refractivity contribution in [3.8, 4) is 0 Å². The number of carbonyl (C=O) groups is 1. The molecule has 2 atom stereocenters. The van der Waals surface area contributed by atoms with Crippen LogP contribution in [0.2, 0.25) is 0 Å². The molecule has 1 aliphatic heterocycles. The third-order valence-corrected chi connectivity index (χ3v) is 5.67. The number of benzene rings is 1. The Kier molecular flexibility index (Phi) is 3.05. The van der Waals surface area contributed by atoms with E-state index in [-0.39, 0.29) is 0 Å². The largest absolute Gasteiger partial charge is 0.342 e. The van der Waals surface area contributed by atoms with Crippen LogP contribution >= 0.6 is 0 Å². The van der Waals surface area contributed by atoms with Crippen LogP contribution in [-0.4, -0.2) is 23.9 Å². The number of hydrogen-bond acceptors (Lipinski definition) is 1. The molecule has 2 unspecified atom stereocenters. The highest BCUT2D eigenvalue weighted by Gasteiger charge is 2.48. The number of hydrogen-bond donors (Lipinski definition) is 0. The Bertz CT molecular complexity index is 479. The van der Waals surface area contributed by atoms with E-state index in [2.05, 4.69) is 35.2 Å². The minimum absolute atomic E-state index is 0.368. The lowest BCUT2D eigenvalue weighted by atomic mass is 9.89. The van der Waals surface area contributed by atoms with Crippen LogP contribution in [0.1, 0.15) is 43.6 Å². The highest BCUT2D eigenvalue weighted by Crippen LogP contribution is 2.54. The van der Waals surface area contributed by atoms with Gasteiger partial charge >= 0.3 is 0 Å². The summed E-state index contributed by atoms with van der Waals surface area (Å²) in [7, 11) is 0. The monoisotopic (exact) mass is 269 g/mol. The Morgan fingerprint density at radius 1 is 0.950 bits per heavy atom. The van der Waals surface area contributed by atoms with Crippen LogP contribution in [0.5, 0.6) is 0 Å². The van der Waals surface area contributed by atoms with Gasteiger partial charge in [-0.05, 0) is 55.4 Å². The third-order valence-electron chi connectivity index (χ3n) is 5.67. The smallest absolute Gasteiger partial charge is 0.225 e. The lowest BCUT2D eigenvalue weighted by molar-refractivity contribution is -0.136. The van der Waals surface area contributed by atoms with Gasteiger partial charge in [-0.3, -0.25) is 4.79 Å². The van der Waals surface area contributed by atoms with Crippen LogP contribution in [0.4, 0.5) is 0 Å². The number of carbonyl (C=O) groups excluding carboxylic acids is 1. The van der Waals surface area contributed by atoms with Crippen molar-refractivity contribution < 1.29 is 4.79 Å². The van der Waals surface area contributed by atoms with Gasteiger partial charge in [-0.15, -0.1) is 0 Å². The zero-order valence-corrected chi connectivity index (χ0v) is 12.0. The second-order valence-electron chi connectivity index (χ2n) is 6.93. The molecule has 1 aromatic rings. The predicted octanol–water partition coefficient (Wildman–Crippen LogP) is 3.44. The zero-order chi connectivity index (χ0) is 13.5. The van der Waals surface area contributed by atoms with Gasteiger partial charge in [0.15, 0.2) is 0 Å². The first-order chi connectivity index (χ1) is 9.81. The molecule has 4 rings (SSSR count). The van der Waals surface area contributed by atoms with Gasteiger partial charge in [-0.1, -0.05) is 30.3 Å². The van der Waals surface area contributed by atoms with Gasteiger partial charge in [-0.2, -0.15) is 0 Å². The molecule has 20 heavy (non-hydrogen) atoms. The molecule has 0 spiro atoms. The zero-order valence-electron chi connectivity index (χ0n) is 12.0. The number of amides is 1. The quantitative estimate of drug-likeness (QED) is 0.805. The van der Waals surface area contributed by atoms with Crippen molar-refractivity contribution in [2.75, 3.05) is 13.1 Å². The Balaban J connectivity index is 1.34. The topological polar surface area (TPSA) is 20.3 Å². The minimum Gasteiger partial charge on any atom is -0.342 e. The average molecular weight is 269 g/mol. The van der Waals surface area contributed by atoms with E-state index in [9.17, 15) is 4.79 Å². The third kappa shape index (κ3) is 2.25. The maximum atomic E-state index is 12.5. The summed E-state index contributed by atoms with van der Waals surface area (Å²) >= 11 is 0. The maximum absolute atomic E-state index is 12.5. The van der Waals surface area contributed by atoms with Crippen molar-refractivity contribution in [3.05, 3.63) is 35.9 Å². The molecule has 1 amide bonds. The van der Waals surface area contributed by atoms with E-state index >= 15 is 0 Å². The lowest BCUT2D eigenvalue weighted by Crippen LogP contribution is -2.41. The van der Waals surface area contributed by atoms with E-state index in [0.717, 1.165) is 37.8 Å². The first-order valence-corrected chi connectivity index (χ1v) is 8.15. The van der Waals surface area contributed by atoms with Crippen molar-refractivity contribution in [2.45, 2.75) is 38.0 Å². The molecule has 0 N–H and O–H groups in total. The van der Waals surface area contributed by atoms with Crippen LogP contribution in [0, 0.1) is 17.8 Å². The van der Waals surface area contributed by atoms with Gasteiger partial charge in [0.25, 0.3) is 0 Å². The number of rotatable bonds is 2. The Labute approximate surface area is 121 Å². The van der Waals surface area contributed by atoms with Crippen molar-refractivity contribution >= 4 is 5.91 Å². The summed E-state index contributed by atoms with van der Waals surface area (Å²) in [6.45, 7) is 1.93. The highest BCUT2D eigenvalue weighted by molar-refractivity contribution is 5.79. The molecule has 2 saturated carbocycles. The average Bonchev–Trinajstić information content (AvgIpc) is 3.13. The summed E-state index contributed by atoms with van der Waals surface area (Å²) in [5, 5.41) is 0. The molecule has 1 aromatic carbocycles. The fourth-order valence-corrected chi connectivity index (χ4v) is 4.33. The van der Waals surface area contributed by atoms with Crippen LogP contribution in [0.15, 0.2) is 30.3 Å². The fourth-order valence-electron chi connectivity index (χ4n) is 4.33. The molecule has 2 heteroatoms. The summed E-state index contributed by atoms with van der Waals surface area (Å²) in [5.41, 5.74) is 1.45. The SMILES string of the molecule is O=C(C1CC2CC2C1)N1CCC(c2ccccc2)CC1. The first-order valence-electron chi connectivity index (χ1n) is 8.15. The molecule has 3 aliphatic rings. The van der Waals surface area contributed by atoms with Crippen molar-refractivity contribution in [3.63, 3.8) is 0 Å². The van der Waals surface area contributed by atoms with E-state index in [1.54, 1.807) is 0 Å². The first kappa shape index (κ1) is 12.4. The molecule has 0 bridgehead atoms. The van der Waals surface area contributed by atoms with Gasteiger partial charge in [0, 0.05) is 19.0 Å². The predicted molar refractivity (Wildman–Crippen MR) is 79.3 cm³/mol. The Hall–Kier alpha value is -1.31. The Morgan fingerprint density at radius 3 is 2.25 bits per heavy atom. The van der Waals surface area contributed by atoms with Gasteiger partial charge in [-0.25, -0.2) is 0 Å². The number of nitrogens with zero attached hydrogens (tertiary/aromatic N) is 1. The molecule has 2 aliphatic carbocycles. The summed E-state index contributed by atoms with van der Waals surface area (Å²) in [6.07, 6.45) is 6.04. The molecule has 2 nitrogen and oxygen atoms in total. The standard InChI is InChI=1S/C18H23NO/c20-18(17-11-15-10-16(15)12-17)19-8-6-14(7-9-19)13-4-2-1-3-5-13/h1-5,14-17H,6-12H2. The number of likely N-dealkylation sites (tertiary alicyclic amines) is 1. The molecule has 106 valence electrons. The van der Waals surface area contributed by atoms with E-state index in [1.807, 2.05) is 0 Å².